The van der Waals surface area contributed by atoms with Gasteiger partial charge >= 0.3 is 0 Å². The van der Waals surface area contributed by atoms with Crippen molar-refractivity contribution in [2.45, 2.75) is 56.5 Å². The minimum atomic E-state index is 0.280. The van der Waals surface area contributed by atoms with Crippen molar-refractivity contribution in [3.05, 3.63) is 5.82 Å². The lowest BCUT2D eigenvalue weighted by atomic mass is 9.91. The summed E-state index contributed by atoms with van der Waals surface area (Å²) in [6.45, 7) is 0. The first-order valence-corrected chi connectivity index (χ1v) is 6.96. The average molecular weight is 238 g/mol. The van der Waals surface area contributed by atoms with Crippen LogP contribution in [0, 0.1) is 0 Å². The van der Waals surface area contributed by atoms with E-state index in [2.05, 4.69) is 14.7 Å². The lowest BCUT2D eigenvalue weighted by Crippen LogP contribution is -2.42. The molecule has 2 aliphatic rings. The van der Waals surface area contributed by atoms with Crippen molar-refractivity contribution >= 4 is 16.7 Å². The fourth-order valence-electron chi connectivity index (χ4n) is 2.30. The Labute approximate surface area is 99.8 Å². The smallest absolute Gasteiger partial charge is 0.202 e. The van der Waals surface area contributed by atoms with Crippen LogP contribution in [0.2, 0.25) is 0 Å². The third-order valence-electron chi connectivity index (χ3n) is 3.51. The Morgan fingerprint density at radius 2 is 2.00 bits per heavy atom. The zero-order chi connectivity index (χ0) is 11.0. The van der Waals surface area contributed by atoms with Crippen LogP contribution in [-0.2, 0) is 0 Å². The molecule has 88 valence electrons. The van der Waals surface area contributed by atoms with E-state index in [1.807, 2.05) is 0 Å². The molecular formula is C11H18N4S. The maximum atomic E-state index is 6.10. The topological polar surface area (TPSA) is 63.8 Å². The molecule has 3 N–H and O–H groups in total. The van der Waals surface area contributed by atoms with E-state index in [1.54, 1.807) is 0 Å². The SMILES string of the molecule is N[C@@H]1CCCC[C@H]1Nc1nc(C2CC2)ns1. The van der Waals surface area contributed by atoms with Gasteiger partial charge in [-0.05, 0) is 25.7 Å². The van der Waals surface area contributed by atoms with Crippen LogP contribution < -0.4 is 11.1 Å². The molecule has 0 amide bonds. The van der Waals surface area contributed by atoms with E-state index in [0.717, 1.165) is 17.4 Å². The number of hydrogen-bond acceptors (Lipinski definition) is 5. The van der Waals surface area contributed by atoms with Crippen molar-refractivity contribution in [3.8, 4) is 0 Å². The number of anilines is 1. The highest BCUT2D eigenvalue weighted by Gasteiger charge is 2.28. The van der Waals surface area contributed by atoms with Gasteiger partial charge in [-0.15, -0.1) is 0 Å². The second kappa shape index (κ2) is 4.30. The summed E-state index contributed by atoms with van der Waals surface area (Å²) in [6, 6.07) is 0.677. The second-order valence-corrected chi connectivity index (χ2v) is 5.68. The second-order valence-electron chi connectivity index (χ2n) is 4.93. The molecule has 0 bridgehead atoms. The summed E-state index contributed by atoms with van der Waals surface area (Å²) in [6.07, 6.45) is 7.37. The molecule has 16 heavy (non-hydrogen) atoms. The Bertz CT molecular complexity index is 361. The van der Waals surface area contributed by atoms with Gasteiger partial charge in [-0.25, -0.2) is 4.98 Å². The third kappa shape index (κ3) is 2.20. The summed E-state index contributed by atoms with van der Waals surface area (Å²) in [5.41, 5.74) is 6.10. The minimum absolute atomic E-state index is 0.280. The maximum absolute atomic E-state index is 6.10. The molecule has 3 rings (SSSR count). The molecule has 2 saturated carbocycles. The average Bonchev–Trinajstić information content (AvgIpc) is 3.03. The van der Waals surface area contributed by atoms with Crippen LogP contribution in [-0.4, -0.2) is 21.4 Å². The molecule has 2 aliphatic carbocycles. The maximum Gasteiger partial charge on any atom is 0.202 e. The molecule has 5 heteroatoms. The van der Waals surface area contributed by atoms with Crippen molar-refractivity contribution in [1.29, 1.82) is 0 Å². The van der Waals surface area contributed by atoms with Crippen LogP contribution >= 0.6 is 11.5 Å². The first kappa shape index (κ1) is 10.5. The number of nitrogens with one attached hydrogen (secondary N) is 1. The molecule has 1 aromatic rings. The monoisotopic (exact) mass is 238 g/mol. The van der Waals surface area contributed by atoms with Gasteiger partial charge in [0, 0.05) is 29.5 Å². The lowest BCUT2D eigenvalue weighted by Gasteiger charge is -2.28. The van der Waals surface area contributed by atoms with Crippen molar-refractivity contribution < 1.29 is 0 Å². The summed E-state index contributed by atoms with van der Waals surface area (Å²) < 4.78 is 4.40. The zero-order valence-electron chi connectivity index (χ0n) is 9.35. The van der Waals surface area contributed by atoms with Gasteiger partial charge in [0.2, 0.25) is 5.13 Å². The molecule has 0 aromatic carbocycles. The van der Waals surface area contributed by atoms with Crippen molar-refractivity contribution in [2.24, 2.45) is 5.73 Å². The number of hydrogen-bond donors (Lipinski definition) is 2. The van der Waals surface area contributed by atoms with E-state index in [-0.39, 0.29) is 6.04 Å². The fraction of sp³-hybridized carbons (Fsp3) is 0.818. The number of nitrogens with two attached hydrogens (primary N) is 1. The molecule has 1 heterocycles. The van der Waals surface area contributed by atoms with E-state index in [9.17, 15) is 0 Å². The van der Waals surface area contributed by atoms with Crippen molar-refractivity contribution in [2.75, 3.05) is 5.32 Å². The third-order valence-corrected chi connectivity index (χ3v) is 4.17. The normalized spacial score (nSPS) is 30.3. The van der Waals surface area contributed by atoms with Gasteiger partial charge in [-0.3, -0.25) is 0 Å². The van der Waals surface area contributed by atoms with E-state index in [1.165, 1.54) is 43.6 Å². The number of rotatable bonds is 3. The van der Waals surface area contributed by atoms with Gasteiger partial charge < -0.3 is 11.1 Å². The summed E-state index contributed by atoms with van der Waals surface area (Å²) in [5.74, 6) is 1.68. The van der Waals surface area contributed by atoms with Gasteiger partial charge in [0.15, 0.2) is 0 Å². The Morgan fingerprint density at radius 3 is 2.75 bits per heavy atom. The molecule has 4 nitrogen and oxygen atoms in total. The molecule has 0 aliphatic heterocycles. The first-order valence-electron chi connectivity index (χ1n) is 6.18. The Balaban J connectivity index is 1.63. The van der Waals surface area contributed by atoms with Crippen molar-refractivity contribution in [1.82, 2.24) is 9.36 Å². The van der Waals surface area contributed by atoms with Crippen LogP contribution in [0.3, 0.4) is 0 Å². The highest BCUT2D eigenvalue weighted by Crippen LogP contribution is 2.39. The minimum Gasteiger partial charge on any atom is -0.356 e. The summed E-state index contributed by atoms with van der Waals surface area (Å²) in [7, 11) is 0. The van der Waals surface area contributed by atoms with Crippen molar-refractivity contribution in [3.63, 3.8) is 0 Å². The van der Waals surface area contributed by atoms with E-state index in [0.29, 0.717) is 12.0 Å². The van der Waals surface area contributed by atoms with Gasteiger partial charge in [-0.1, -0.05) is 12.8 Å². The first-order chi connectivity index (χ1) is 7.83. The summed E-state index contributed by atoms with van der Waals surface area (Å²) in [4.78, 5) is 4.54. The van der Waals surface area contributed by atoms with E-state index < -0.39 is 0 Å². The number of aromatic nitrogens is 2. The van der Waals surface area contributed by atoms with E-state index >= 15 is 0 Å². The van der Waals surface area contributed by atoms with Gasteiger partial charge in [-0.2, -0.15) is 4.37 Å². The molecule has 0 radical (unpaired) electrons. The van der Waals surface area contributed by atoms with Crippen LogP contribution in [0.25, 0.3) is 0 Å². The van der Waals surface area contributed by atoms with Crippen LogP contribution in [0.15, 0.2) is 0 Å². The summed E-state index contributed by atoms with van der Waals surface area (Å²) in [5, 5.41) is 4.42. The molecule has 1 aromatic heterocycles. The molecular weight excluding hydrogens is 220 g/mol. The molecule has 0 saturated heterocycles. The molecule has 2 fully saturated rings. The Kier molecular flexibility index (Phi) is 2.81. The fourth-order valence-corrected chi connectivity index (χ4v) is 3.01. The highest BCUT2D eigenvalue weighted by atomic mass is 32.1. The van der Waals surface area contributed by atoms with Gasteiger partial charge in [0.25, 0.3) is 0 Å². The van der Waals surface area contributed by atoms with Crippen LogP contribution in [0.5, 0.6) is 0 Å². The molecule has 0 unspecified atom stereocenters. The highest BCUT2D eigenvalue weighted by molar-refractivity contribution is 7.09. The predicted octanol–water partition coefficient (Wildman–Crippen LogP) is 2.10. The number of nitrogens with zero attached hydrogens (tertiary/aromatic N) is 2. The van der Waals surface area contributed by atoms with Crippen LogP contribution in [0.1, 0.15) is 50.3 Å². The molecule has 2 atom stereocenters. The molecule has 0 spiro atoms. The predicted molar refractivity (Wildman–Crippen MR) is 65.7 cm³/mol. The summed E-state index contributed by atoms with van der Waals surface area (Å²) >= 11 is 1.49. The van der Waals surface area contributed by atoms with Crippen LogP contribution in [0.4, 0.5) is 5.13 Å². The Hall–Kier alpha value is -0.680. The largest absolute Gasteiger partial charge is 0.356 e. The zero-order valence-corrected chi connectivity index (χ0v) is 10.2. The Morgan fingerprint density at radius 1 is 1.19 bits per heavy atom. The van der Waals surface area contributed by atoms with E-state index in [4.69, 9.17) is 5.73 Å². The van der Waals surface area contributed by atoms with Gasteiger partial charge in [0.1, 0.15) is 5.82 Å². The van der Waals surface area contributed by atoms with Gasteiger partial charge in [0.05, 0.1) is 0 Å². The lowest BCUT2D eigenvalue weighted by molar-refractivity contribution is 0.404. The standard InChI is InChI=1S/C11H18N4S/c12-8-3-1-2-4-9(8)13-11-14-10(15-16-11)7-5-6-7/h7-9H,1-6,12H2,(H,13,14,15)/t8-,9-/m1/s1. The quantitative estimate of drug-likeness (QED) is 0.846.